The van der Waals surface area contributed by atoms with Crippen LogP contribution in [0.25, 0.3) is 0 Å². The number of hydrogen-bond acceptors (Lipinski definition) is 2. The lowest BCUT2D eigenvalue weighted by molar-refractivity contribution is -0.0898. The maximum atomic E-state index is 11.4. The molecule has 2 heteroatoms. The summed E-state index contributed by atoms with van der Waals surface area (Å²) in [5.41, 5.74) is 2.35. The van der Waals surface area contributed by atoms with Crippen LogP contribution < -0.4 is 0 Å². The van der Waals surface area contributed by atoms with Crippen molar-refractivity contribution in [3.8, 4) is 0 Å². The number of allylic oxidation sites excluding steroid dienone is 1. The Labute approximate surface area is 191 Å². The molecule has 0 aromatic heterocycles. The second kappa shape index (κ2) is 7.59. The molecule has 0 aromatic carbocycles. The smallest absolute Gasteiger partial charge is 0.0634 e. The summed E-state index contributed by atoms with van der Waals surface area (Å²) in [6.45, 7) is 12.3. The summed E-state index contributed by atoms with van der Waals surface area (Å²) >= 11 is 0. The fourth-order valence-corrected chi connectivity index (χ4v) is 9.86. The summed E-state index contributed by atoms with van der Waals surface area (Å²) in [7, 11) is 0. The predicted molar refractivity (Wildman–Crippen MR) is 127 cm³/mol. The quantitative estimate of drug-likeness (QED) is 0.475. The standard InChI is InChI=1S/C29H48O2/c1-18(2)7-6-8-19(3)22-17-23(30)26-20-9-10-24-27(4,21(20)11-13-28(22,26)5)14-12-25(31)29(24)15-16-29/h10,18-23,25-26,30-31H,6-9,11-17H2,1-5H3/t19-,20-,21+,22-,23?,25-,26-,27-,28-/m1/s1. The van der Waals surface area contributed by atoms with E-state index in [1.54, 1.807) is 5.57 Å². The minimum absolute atomic E-state index is 0.106. The molecule has 0 saturated heterocycles. The van der Waals surface area contributed by atoms with E-state index in [1.165, 1.54) is 44.9 Å². The molecule has 1 spiro atoms. The molecule has 4 saturated carbocycles. The zero-order valence-corrected chi connectivity index (χ0v) is 20.9. The molecule has 5 rings (SSSR count). The second-order valence-electron chi connectivity index (χ2n) is 13.5. The largest absolute Gasteiger partial charge is 0.393 e. The molecule has 0 aromatic rings. The van der Waals surface area contributed by atoms with Crippen LogP contribution in [0.1, 0.15) is 105 Å². The van der Waals surface area contributed by atoms with E-state index in [0.717, 1.165) is 37.5 Å². The van der Waals surface area contributed by atoms with E-state index < -0.39 is 0 Å². The Morgan fingerprint density at radius 3 is 2.42 bits per heavy atom. The third-order valence-corrected chi connectivity index (χ3v) is 11.5. The molecule has 0 bridgehead atoms. The highest BCUT2D eigenvalue weighted by Crippen LogP contribution is 2.72. The first-order chi connectivity index (χ1) is 14.6. The Bertz CT molecular complexity index is 720. The molecule has 1 unspecified atom stereocenters. The van der Waals surface area contributed by atoms with Crippen molar-refractivity contribution >= 4 is 0 Å². The summed E-state index contributed by atoms with van der Waals surface area (Å²) in [4.78, 5) is 0. The van der Waals surface area contributed by atoms with Crippen molar-refractivity contribution in [2.75, 3.05) is 0 Å². The van der Waals surface area contributed by atoms with Gasteiger partial charge in [0.25, 0.3) is 0 Å². The van der Waals surface area contributed by atoms with Crippen LogP contribution in [0.2, 0.25) is 0 Å². The van der Waals surface area contributed by atoms with Crippen LogP contribution in [0, 0.1) is 51.8 Å². The topological polar surface area (TPSA) is 40.5 Å². The van der Waals surface area contributed by atoms with E-state index in [1.807, 2.05) is 0 Å². The van der Waals surface area contributed by atoms with Crippen LogP contribution in [-0.2, 0) is 0 Å². The minimum Gasteiger partial charge on any atom is -0.393 e. The van der Waals surface area contributed by atoms with E-state index >= 15 is 0 Å². The van der Waals surface area contributed by atoms with Crippen molar-refractivity contribution in [1.29, 1.82) is 0 Å². The molecule has 2 nitrogen and oxygen atoms in total. The molecule has 5 aliphatic carbocycles. The fraction of sp³-hybridized carbons (Fsp3) is 0.931. The van der Waals surface area contributed by atoms with Gasteiger partial charge < -0.3 is 10.2 Å². The number of hydrogen-bond donors (Lipinski definition) is 2. The SMILES string of the molecule is CC(C)CCC[C@@H](C)[C@H]1CC(O)[C@H]2[C@@H]3CC=C4C5(CC5)[C@H](O)CC[C@]4(C)[C@H]3CC[C@]12C. The molecule has 0 heterocycles. The molecule has 4 fully saturated rings. The van der Waals surface area contributed by atoms with Gasteiger partial charge in [-0.3, -0.25) is 0 Å². The van der Waals surface area contributed by atoms with Crippen LogP contribution in [0.4, 0.5) is 0 Å². The molecular formula is C29H48O2. The summed E-state index contributed by atoms with van der Waals surface area (Å²) in [5.74, 6) is 4.03. The first-order valence-electron chi connectivity index (χ1n) is 13.7. The van der Waals surface area contributed by atoms with E-state index in [0.29, 0.717) is 29.1 Å². The zero-order chi connectivity index (χ0) is 22.2. The molecule has 5 aliphatic rings. The van der Waals surface area contributed by atoms with Gasteiger partial charge in [-0.15, -0.1) is 0 Å². The summed E-state index contributed by atoms with van der Waals surface area (Å²) in [6.07, 6.45) is 15.7. The monoisotopic (exact) mass is 428 g/mol. The first-order valence-corrected chi connectivity index (χ1v) is 13.7. The number of rotatable bonds is 5. The van der Waals surface area contributed by atoms with Crippen molar-refractivity contribution in [2.45, 2.75) is 117 Å². The predicted octanol–water partition coefficient (Wildman–Crippen LogP) is 6.75. The van der Waals surface area contributed by atoms with Crippen molar-refractivity contribution in [3.63, 3.8) is 0 Å². The van der Waals surface area contributed by atoms with Crippen LogP contribution >= 0.6 is 0 Å². The molecule has 9 atom stereocenters. The van der Waals surface area contributed by atoms with E-state index in [4.69, 9.17) is 0 Å². The first kappa shape index (κ1) is 22.5. The van der Waals surface area contributed by atoms with Gasteiger partial charge in [0.05, 0.1) is 12.2 Å². The Balaban J connectivity index is 1.39. The van der Waals surface area contributed by atoms with Gasteiger partial charge in [0.1, 0.15) is 0 Å². The highest BCUT2D eigenvalue weighted by Gasteiger charge is 2.66. The second-order valence-corrected chi connectivity index (χ2v) is 13.5. The van der Waals surface area contributed by atoms with Gasteiger partial charge in [0, 0.05) is 5.41 Å². The lowest BCUT2D eigenvalue weighted by Crippen LogP contribution is -2.54. The molecule has 0 aliphatic heterocycles. The molecule has 176 valence electrons. The van der Waals surface area contributed by atoms with Gasteiger partial charge in [-0.2, -0.15) is 0 Å². The van der Waals surface area contributed by atoms with E-state index in [9.17, 15) is 10.2 Å². The lowest BCUT2D eigenvalue weighted by Gasteiger charge is -2.60. The Morgan fingerprint density at radius 1 is 1.00 bits per heavy atom. The average molecular weight is 429 g/mol. The summed E-state index contributed by atoms with van der Waals surface area (Å²) in [5, 5.41) is 22.2. The molecule has 0 amide bonds. The number of aliphatic hydroxyl groups excluding tert-OH is 2. The Kier molecular flexibility index (Phi) is 5.50. The van der Waals surface area contributed by atoms with Crippen molar-refractivity contribution in [2.24, 2.45) is 51.8 Å². The fourth-order valence-electron chi connectivity index (χ4n) is 9.86. The van der Waals surface area contributed by atoms with Gasteiger partial charge in [0.15, 0.2) is 0 Å². The van der Waals surface area contributed by atoms with Gasteiger partial charge in [-0.25, -0.2) is 0 Å². The molecule has 0 radical (unpaired) electrons. The Morgan fingerprint density at radius 2 is 1.74 bits per heavy atom. The van der Waals surface area contributed by atoms with Crippen molar-refractivity contribution < 1.29 is 10.2 Å². The highest BCUT2D eigenvalue weighted by atomic mass is 16.3. The van der Waals surface area contributed by atoms with Gasteiger partial charge in [0.2, 0.25) is 0 Å². The lowest BCUT2D eigenvalue weighted by atomic mass is 9.45. The third-order valence-electron chi connectivity index (χ3n) is 11.5. The van der Waals surface area contributed by atoms with Gasteiger partial charge >= 0.3 is 0 Å². The van der Waals surface area contributed by atoms with E-state index in [2.05, 4.69) is 40.7 Å². The normalized spacial score (nSPS) is 48.7. The van der Waals surface area contributed by atoms with Crippen molar-refractivity contribution in [1.82, 2.24) is 0 Å². The average Bonchev–Trinajstić information content (AvgIpc) is 3.44. The molecule has 2 N–H and O–H groups in total. The van der Waals surface area contributed by atoms with Crippen molar-refractivity contribution in [3.05, 3.63) is 11.6 Å². The number of aliphatic hydroxyl groups is 2. The number of fused-ring (bicyclic) bond motifs is 6. The summed E-state index contributed by atoms with van der Waals surface area (Å²) < 4.78 is 0. The van der Waals surface area contributed by atoms with Gasteiger partial charge in [-0.1, -0.05) is 65.5 Å². The summed E-state index contributed by atoms with van der Waals surface area (Å²) in [6, 6.07) is 0. The molecular weight excluding hydrogens is 380 g/mol. The van der Waals surface area contributed by atoms with Crippen LogP contribution in [-0.4, -0.2) is 22.4 Å². The highest BCUT2D eigenvalue weighted by molar-refractivity contribution is 5.37. The van der Waals surface area contributed by atoms with Gasteiger partial charge in [-0.05, 0) is 97.7 Å². The Hall–Kier alpha value is -0.340. The third kappa shape index (κ3) is 3.24. The van der Waals surface area contributed by atoms with E-state index in [-0.39, 0.29) is 23.0 Å². The maximum Gasteiger partial charge on any atom is 0.0634 e. The van der Waals surface area contributed by atoms with Crippen LogP contribution in [0.5, 0.6) is 0 Å². The zero-order valence-electron chi connectivity index (χ0n) is 20.9. The van der Waals surface area contributed by atoms with Crippen LogP contribution in [0.3, 0.4) is 0 Å². The maximum absolute atomic E-state index is 11.4. The molecule has 31 heavy (non-hydrogen) atoms. The minimum atomic E-state index is -0.113. The van der Waals surface area contributed by atoms with Crippen LogP contribution in [0.15, 0.2) is 11.6 Å².